The van der Waals surface area contributed by atoms with Crippen LogP contribution in [0.4, 0.5) is 11.4 Å². The van der Waals surface area contributed by atoms with Crippen LogP contribution in [0.3, 0.4) is 0 Å². The molecule has 3 rings (SSSR count). The monoisotopic (exact) mass is 395 g/mol. The van der Waals surface area contributed by atoms with Gasteiger partial charge in [0.15, 0.2) is 0 Å². The van der Waals surface area contributed by atoms with Gasteiger partial charge in [0.2, 0.25) is 5.91 Å². The lowest BCUT2D eigenvalue weighted by Gasteiger charge is -2.23. The van der Waals surface area contributed by atoms with Gasteiger partial charge in [0.1, 0.15) is 0 Å². The number of carboxylic acids is 1. The van der Waals surface area contributed by atoms with E-state index in [0.29, 0.717) is 13.1 Å². The van der Waals surface area contributed by atoms with E-state index < -0.39 is 5.97 Å². The number of carbonyl (C=O) groups excluding carboxylic acids is 1. The number of carbonyl (C=O) groups is 2. The summed E-state index contributed by atoms with van der Waals surface area (Å²) in [5.41, 5.74) is 2.87. The fourth-order valence-corrected chi connectivity index (χ4v) is 3.56. The van der Waals surface area contributed by atoms with E-state index >= 15 is 0 Å². The molecule has 3 N–H and O–H groups in total. The number of benzene rings is 2. The molecule has 1 amide bonds. The average Bonchev–Trinajstić information content (AvgIpc) is 2.69. The first-order chi connectivity index (χ1) is 14.1. The predicted molar refractivity (Wildman–Crippen MR) is 115 cm³/mol. The number of anilines is 2. The smallest absolute Gasteiger partial charge is 0.335 e. The van der Waals surface area contributed by atoms with Gasteiger partial charge in [-0.15, -0.1) is 0 Å². The zero-order valence-electron chi connectivity index (χ0n) is 16.7. The van der Waals surface area contributed by atoms with E-state index in [2.05, 4.69) is 15.5 Å². The Hall–Kier alpha value is -2.86. The predicted octanol–water partition coefficient (Wildman–Crippen LogP) is 4.20. The van der Waals surface area contributed by atoms with Crippen molar-refractivity contribution < 1.29 is 14.7 Å². The van der Waals surface area contributed by atoms with Gasteiger partial charge in [-0.2, -0.15) is 0 Å². The molecule has 1 aliphatic rings. The second kappa shape index (κ2) is 10.6. The fourth-order valence-electron chi connectivity index (χ4n) is 3.56. The minimum atomic E-state index is -0.928. The van der Waals surface area contributed by atoms with Crippen molar-refractivity contribution in [1.29, 1.82) is 0 Å². The topological polar surface area (TPSA) is 81.7 Å². The second-order valence-corrected chi connectivity index (χ2v) is 7.53. The number of nitrogens with one attached hydrogen (secondary N) is 2. The van der Waals surface area contributed by atoms with E-state index in [1.807, 2.05) is 30.3 Å². The average molecular weight is 396 g/mol. The van der Waals surface area contributed by atoms with Crippen LogP contribution in [0.15, 0.2) is 48.5 Å². The van der Waals surface area contributed by atoms with E-state index in [1.54, 1.807) is 18.2 Å². The number of hydrogen-bond donors (Lipinski definition) is 3. The number of nitrogens with zero attached hydrogens (tertiary/aromatic N) is 1. The van der Waals surface area contributed by atoms with Crippen molar-refractivity contribution in [3.05, 3.63) is 59.7 Å². The molecule has 0 atom stereocenters. The first kappa shape index (κ1) is 20.9. The highest BCUT2D eigenvalue weighted by Crippen LogP contribution is 2.16. The number of carboxylic acid groups (broad SMARTS) is 1. The molecule has 0 spiro atoms. The van der Waals surface area contributed by atoms with Crippen LogP contribution < -0.4 is 10.6 Å². The standard InChI is InChI=1S/C23H29N3O3/c27-22(17-26-13-4-2-1-3-5-14-26)25-21-11-9-20(10-12-21)24-16-18-7-6-8-19(15-18)23(28)29/h6-12,15,24H,1-5,13-14,16-17H2,(H,25,27)(H,28,29). The number of aromatic carboxylic acids is 1. The molecule has 2 aromatic carbocycles. The zero-order valence-corrected chi connectivity index (χ0v) is 16.7. The molecule has 0 aliphatic carbocycles. The number of likely N-dealkylation sites (tertiary alicyclic amines) is 1. The van der Waals surface area contributed by atoms with E-state index in [9.17, 15) is 9.59 Å². The molecular formula is C23H29N3O3. The quantitative estimate of drug-likeness (QED) is 0.655. The minimum absolute atomic E-state index is 0.0248. The Morgan fingerprint density at radius 3 is 2.24 bits per heavy atom. The lowest BCUT2D eigenvalue weighted by Crippen LogP contribution is -2.35. The highest BCUT2D eigenvalue weighted by molar-refractivity contribution is 5.92. The molecule has 0 aromatic heterocycles. The normalized spacial score (nSPS) is 15.2. The minimum Gasteiger partial charge on any atom is -0.478 e. The SMILES string of the molecule is O=C(CN1CCCCCCC1)Nc1ccc(NCc2cccc(C(=O)O)c2)cc1. The lowest BCUT2D eigenvalue weighted by atomic mass is 10.1. The molecule has 6 nitrogen and oxygen atoms in total. The van der Waals surface area contributed by atoms with Gasteiger partial charge < -0.3 is 15.7 Å². The Bertz CT molecular complexity index is 812. The Kier molecular flexibility index (Phi) is 7.64. The van der Waals surface area contributed by atoms with E-state index in [1.165, 1.54) is 32.1 Å². The van der Waals surface area contributed by atoms with Gasteiger partial charge in [-0.1, -0.05) is 31.4 Å². The maximum absolute atomic E-state index is 12.3. The third-order valence-electron chi connectivity index (χ3n) is 5.16. The zero-order chi connectivity index (χ0) is 20.5. The summed E-state index contributed by atoms with van der Waals surface area (Å²) in [6.07, 6.45) is 6.16. The van der Waals surface area contributed by atoms with E-state index in [0.717, 1.165) is 30.0 Å². The number of rotatable bonds is 7. The van der Waals surface area contributed by atoms with Gasteiger partial charge >= 0.3 is 5.97 Å². The van der Waals surface area contributed by atoms with Gasteiger partial charge in [0, 0.05) is 17.9 Å². The maximum atomic E-state index is 12.3. The first-order valence-electron chi connectivity index (χ1n) is 10.3. The summed E-state index contributed by atoms with van der Waals surface area (Å²) >= 11 is 0. The van der Waals surface area contributed by atoms with Crippen molar-refractivity contribution in [3.63, 3.8) is 0 Å². The van der Waals surface area contributed by atoms with Crippen molar-refractivity contribution in [1.82, 2.24) is 4.90 Å². The Labute approximate surface area is 171 Å². The van der Waals surface area contributed by atoms with Crippen molar-refractivity contribution in [3.8, 4) is 0 Å². The number of hydrogen-bond acceptors (Lipinski definition) is 4. The molecule has 1 fully saturated rings. The Morgan fingerprint density at radius 1 is 0.897 bits per heavy atom. The summed E-state index contributed by atoms with van der Waals surface area (Å²) in [5, 5.41) is 15.3. The van der Waals surface area contributed by atoms with Crippen LogP contribution in [0.25, 0.3) is 0 Å². The maximum Gasteiger partial charge on any atom is 0.335 e. The Balaban J connectivity index is 1.47. The van der Waals surface area contributed by atoms with Gasteiger partial charge in [-0.3, -0.25) is 9.69 Å². The molecule has 1 saturated heterocycles. The van der Waals surface area contributed by atoms with Crippen LogP contribution in [-0.4, -0.2) is 41.5 Å². The summed E-state index contributed by atoms with van der Waals surface area (Å²) in [5.74, 6) is -0.903. The summed E-state index contributed by atoms with van der Waals surface area (Å²) in [6.45, 7) is 2.97. The molecule has 1 aliphatic heterocycles. The third kappa shape index (κ3) is 6.91. The fraction of sp³-hybridized carbons (Fsp3) is 0.391. The molecular weight excluding hydrogens is 366 g/mol. The summed E-state index contributed by atoms with van der Waals surface area (Å²) in [7, 11) is 0. The van der Waals surface area contributed by atoms with Crippen molar-refractivity contribution >= 4 is 23.3 Å². The highest BCUT2D eigenvalue weighted by Gasteiger charge is 2.12. The van der Waals surface area contributed by atoms with Crippen LogP contribution in [-0.2, 0) is 11.3 Å². The van der Waals surface area contributed by atoms with Gasteiger partial charge in [0.05, 0.1) is 12.1 Å². The molecule has 0 radical (unpaired) electrons. The van der Waals surface area contributed by atoms with Gasteiger partial charge in [-0.05, 0) is 67.9 Å². The Morgan fingerprint density at radius 2 is 1.55 bits per heavy atom. The third-order valence-corrected chi connectivity index (χ3v) is 5.16. The molecule has 0 saturated carbocycles. The first-order valence-corrected chi connectivity index (χ1v) is 10.3. The molecule has 6 heteroatoms. The molecule has 1 heterocycles. The van der Waals surface area contributed by atoms with Crippen LogP contribution in [0.1, 0.15) is 48.0 Å². The van der Waals surface area contributed by atoms with Crippen molar-refractivity contribution in [2.45, 2.75) is 38.6 Å². The molecule has 2 aromatic rings. The van der Waals surface area contributed by atoms with E-state index in [4.69, 9.17) is 5.11 Å². The van der Waals surface area contributed by atoms with Crippen molar-refractivity contribution in [2.75, 3.05) is 30.3 Å². The van der Waals surface area contributed by atoms with Crippen LogP contribution >= 0.6 is 0 Å². The summed E-state index contributed by atoms with van der Waals surface area (Å²) < 4.78 is 0. The van der Waals surface area contributed by atoms with Crippen molar-refractivity contribution in [2.24, 2.45) is 0 Å². The largest absolute Gasteiger partial charge is 0.478 e. The van der Waals surface area contributed by atoms with Crippen LogP contribution in [0, 0.1) is 0 Å². The molecule has 0 unspecified atom stereocenters. The summed E-state index contributed by atoms with van der Waals surface area (Å²) in [4.78, 5) is 25.6. The van der Waals surface area contributed by atoms with Gasteiger partial charge in [0.25, 0.3) is 0 Å². The molecule has 0 bridgehead atoms. The summed E-state index contributed by atoms with van der Waals surface area (Å²) in [6, 6.07) is 14.4. The second-order valence-electron chi connectivity index (χ2n) is 7.53. The highest BCUT2D eigenvalue weighted by atomic mass is 16.4. The lowest BCUT2D eigenvalue weighted by molar-refractivity contribution is -0.117. The molecule has 154 valence electrons. The number of amides is 1. The van der Waals surface area contributed by atoms with Crippen LogP contribution in [0.2, 0.25) is 0 Å². The van der Waals surface area contributed by atoms with Crippen LogP contribution in [0.5, 0.6) is 0 Å². The van der Waals surface area contributed by atoms with Gasteiger partial charge in [-0.25, -0.2) is 4.79 Å². The molecule has 29 heavy (non-hydrogen) atoms. The van der Waals surface area contributed by atoms with E-state index in [-0.39, 0.29) is 11.5 Å².